The Hall–Kier alpha value is -2.90. The van der Waals surface area contributed by atoms with Crippen LogP contribution in [0.5, 0.6) is 5.75 Å². The van der Waals surface area contributed by atoms with Gasteiger partial charge in [-0.2, -0.15) is 0 Å². The van der Waals surface area contributed by atoms with Crippen LogP contribution in [0.25, 0.3) is 0 Å². The third-order valence-corrected chi connectivity index (χ3v) is 11.0. The zero-order chi connectivity index (χ0) is 37.8. The van der Waals surface area contributed by atoms with Gasteiger partial charge in [-0.3, -0.25) is 0 Å². The molecule has 0 saturated heterocycles. The Balaban J connectivity index is 0.00000392. The van der Waals surface area contributed by atoms with Crippen LogP contribution < -0.4 is 68.9 Å². The van der Waals surface area contributed by atoms with E-state index < -0.39 is 41.0 Å². The van der Waals surface area contributed by atoms with Crippen LogP contribution in [0.2, 0.25) is 0 Å². The fraction of sp³-hybridized carbons (Fsp3) is 0.162. The first-order valence-electron chi connectivity index (χ1n) is 15.9. The zero-order valence-corrected chi connectivity index (χ0v) is 36.5. The molecule has 0 saturated carbocycles. The number of anilines is 2. The molecule has 0 amide bonds. The predicted octanol–water partition coefficient (Wildman–Crippen LogP) is -0.815. The zero-order valence-electron chi connectivity index (χ0n) is 30.0. The molecule has 1 N–H and O–H groups in total. The number of rotatable bonds is 14. The topological polar surface area (TPSA) is 198 Å². The Morgan fingerprint density at radius 1 is 0.556 bits per heavy atom. The molecule has 0 aliphatic heterocycles. The fourth-order valence-corrected chi connectivity index (χ4v) is 7.68. The van der Waals surface area contributed by atoms with Gasteiger partial charge in [0.2, 0.25) is 0 Å². The maximum atomic E-state index is 12.4. The van der Waals surface area contributed by atoms with Gasteiger partial charge >= 0.3 is 59.1 Å². The predicted molar refractivity (Wildman–Crippen MR) is 192 cm³/mol. The molecule has 0 fully saturated rings. The van der Waals surface area contributed by atoms with Gasteiger partial charge in [-0.05, 0) is 104 Å². The van der Waals surface area contributed by atoms with E-state index in [1.807, 2.05) is 23.6 Å². The number of phenols is 1. The molecular formula is C37H34N2Na2O10S3. The van der Waals surface area contributed by atoms with Crippen LogP contribution in [-0.4, -0.2) is 57.1 Å². The normalized spacial score (nSPS) is 11.6. The molecule has 0 aliphatic carbocycles. The van der Waals surface area contributed by atoms with E-state index in [1.54, 1.807) is 60.7 Å². The van der Waals surface area contributed by atoms with Crippen LogP contribution in [0, 0.1) is 5.92 Å². The summed E-state index contributed by atoms with van der Waals surface area (Å²) in [5, 5.41) is 10.1. The molecule has 0 spiro atoms. The van der Waals surface area contributed by atoms with Crippen molar-refractivity contribution in [1.82, 2.24) is 0 Å². The number of benzene rings is 5. The van der Waals surface area contributed by atoms with E-state index >= 15 is 0 Å². The smallest absolute Gasteiger partial charge is 0.744 e. The van der Waals surface area contributed by atoms with Gasteiger partial charge in [-0.15, -0.1) is 0 Å². The van der Waals surface area contributed by atoms with E-state index in [1.165, 1.54) is 48.5 Å². The van der Waals surface area contributed by atoms with Crippen LogP contribution in [0.15, 0.2) is 130 Å². The molecule has 54 heavy (non-hydrogen) atoms. The molecule has 0 aromatic heterocycles. The molecule has 5 rings (SSSR count). The van der Waals surface area contributed by atoms with Crippen molar-refractivity contribution in [3.8, 4) is 5.75 Å². The molecule has 0 aliphatic rings. The molecular weight excluding hydrogens is 775 g/mol. The van der Waals surface area contributed by atoms with Crippen molar-refractivity contribution in [3.05, 3.63) is 149 Å². The van der Waals surface area contributed by atoms with Crippen LogP contribution >= 0.6 is 0 Å². The summed E-state index contributed by atoms with van der Waals surface area (Å²) >= 11 is 0. The molecule has 0 heterocycles. The van der Waals surface area contributed by atoms with Gasteiger partial charge in [-0.25, -0.2) is 25.3 Å². The Kier molecular flexibility index (Phi) is 15.9. The van der Waals surface area contributed by atoms with Gasteiger partial charge in [0.05, 0.1) is 32.4 Å². The molecule has 12 nitrogen and oxygen atoms in total. The Bertz CT molecular complexity index is 2270. The number of aromatic hydroxyl groups is 1. The van der Waals surface area contributed by atoms with Crippen LogP contribution in [-0.2, 0) is 43.4 Å². The van der Waals surface area contributed by atoms with Gasteiger partial charge < -0.3 is 28.6 Å². The van der Waals surface area contributed by atoms with E-state index in [0.717, 1.165) is 17.4 Å². The van der Waals surface area contributed by atoms with Gasteiger partial charge in [-0.1, -0.05) is 24.3 Å². The second-order valence-electron chi connectivity index (χ2n) is 11.8. The minimum Gasteiger partial charge on any atom is -0.744 e. The number of hydrogen-bond donors (Lipinski definition) is 1. The van der Waals surface area contributed by atoms with Crippen molar-refractivity contribution in [2.24, 2.45) is 0 Å². The standard InChI is InChI=1S/C37H36N2O10S3.2Na/c1-3-38(24-26-7-5-9-33(21-26)50(41,42)43)30-15-11-28(12-16-30)37(35-20-19-32(40)23-36(35)52(47,48)49)29-13-17-31(18-14-29)39(4-2)25-27-8-6-10-34(22-27)51(44,45)46;;/h5-23H,3-4,24-25H2,1-2H3,(H3-,40,41,42,43,44,45,46,47,48,49);;/q;2*+1/p-2. The van der Waals surface area contributed by atoms with E-state index in [4.69, 9.17) is 0 Å². The molecule has 0 bridgehead atoms. The van der Waals surface area contributed by atoms with Crippen LogP contribution in [0.3, 0.4) is 0 Å². The summed E-state index contributed by atoms with van der Waals surface area (Å²) in [5.41, 5.74) is 3.86. The summed E-state index contributed by atoms with van der Waals surface area (Å²) in [4.78, 5) is 2.63. The first kappa shape index (κ1) is 45.5. The van der Waals surface area contributed by atoms with Crippen molar-refractivity contribution >= 4 is 41.7 Å². The fourth-order valence-electron chi connectivity index (χ4n) is 5.89. The maximum Gasteiger partial charge on any atom is 1.00 e. The molecule has 17 heteroatoms. The van der Waals surface area contributed by atoms with Gasteiger partial charge in [0.15, 0.2) is 0 Å². The molecule has 5 aromatic rings. The number of nitrogens with zero attached hydrogens (tertiary/aromatic N) is 2. The van der Waals surface area contributed by atoms with Crippen molar-refractivity contribution in [3.63, 3.8) is 0 Å². The number of phenolic OH excluding ortho intramolecular Hbond substituents is 1. The van der Waals surface area contributed by atoms with Gasteiger partial charge in [0.25, 0.3) is 0 Å². The summed E-state index contributed by atoms with van der Waals surface area (Å²) in [5.74, 6) is -0.0107. The van der Waals surface area contributed by atoms with Gasteiger partial charge in [0.1, 0.15) is 41.0 Å². The average molecular weight is 809 g/mol. The number of hydrogen-bond acceptors (Lipinski definition) is 12. The third kappa shape index (κ3) is 11.3. The minimum absolute atomic E-state index is 0. The van der Waals surface area contributed by atoms with Gasteiger partial charge in [0, 0.05) is 49.7 Å². The van der Waals surface area contributed by atoms with Crippen LogP contribution in [0.1, 0.15) is 41.7 Å². The van der Waals surface area contributed by atoms with Crippen molar-refractivity contribution in [1.29, 1.82) is 0 Å². The van der Waals surface area contributed by atoms with E-state index in [-0.39, 0.29) is 74.5 Å². The van der Waals surface area contributed by atoms with Crippen molar-refractivity contribution < 1.29 is 103 Å². The molecule has 5 aromatic carbocycles. The average Bonchev–Trinajstić information content (AvgIpc) is 3.10. The van der Waals surface area contributed by atoms with Crippen molar-refractivity contribution in [2.45, 2.75) is 41.6 Å². The second-order valence-corrected chi connectivity index (χ2v) is 15.9. The Morgan fingerprint density at radius 2 is 0.963 bits per heavy atom. The largest absolute Gasteiger partial charge is 1.00 e. The maximum absolute atomic E-state index is 12.4. The van der Waals surface area contributed by atoms with Crippen molar-refractivity contribution in [2.75, 3.05) is 22.9 Å². The summed E-state index contributed by atoms with van der Waals surface area (Å²) < 4.78 is 107. The minimum atomic E-state index is -5.04. The summed E-state index contributed by atoms with van der Waals surface area (Å²) in [7, 11) is -14.3. The van der Waals surface area contributed by atoms with E-state index in [9.17, 15) is 44.0 Å². The quantitative estimate of drug-likeness (QED) is 0.0635. The Labute approximate surface area is 360 Å². The first-order chi connectivity index (χ1) is 24.5. The summed E-state index contributed by atoms with van der Waals surface area (Å²) in [6.07, 6.45) is 0. The molecule has 0 atom stereocenters. The second kappa shape index (κ2) is 18.8. The summed E-state index contributed by atoms with van der Waals surface area (Å²) in [6, 6.07) is 29.3. The SMILES string of the molecule is CCN(Cc1cccc(S(=O)(=O)[O-])c1)c1ccc([C+](c2ccc(N(CC)Cc3cccc(S(=O)(=O)[O-])c3)cc2)c2ccc(O)cc2S(=O)(=O)[O-])cc1.[Na+].[Na+]. The third-order valence-electron chi connectivity index (χ3n) is 8.43. The summed E-state index contributed by atoms with van der Waals surface area (Å²) in [6.45, 7) is 5.44. The van der Waals surface area contributed by atoms with E-state index in [2.05, 4.69) is 0 Å². The van der Waals surface area contributed by atoms with Crippen LogP contribution in [0.4, 0.5) is 11.4 Å². The molecule has 0 radical (unpaired) electrons. The monoisotopic (exact) mass is 808 g/mol. The van der Waals surface area contributed by atoms with E-state index in [0.29, 0.717) is 54.4 Å². The molecule has 272 valence electrons. The molecule has 0 unspecified atom stereocenters. The Morgan fingerprint density at radius 3 is 1.31 bits per heavy atom. The first-order valence-corrected chi connectivity index (χ1v) is 20.2.